The van der Waals surface area contributed by atoms with E-state index in [2.05, 4.69) is 77.4 Å². The van der Waals surface area contributed by atoms with Gasteiger partial charge < -0.3 is 9.67 Å². The van der Waals surface area contributed by atoms with Crippen LogP contribution in [0, 0.1) is 0 Å². The summed E-state index contributed by atoms with van der Waals surface area (Å²) in [5.74, 6) is 0.303. The molecular weight excluding hydrogens is 318 g/mol. The summed E-state index contributed by atoms with van der Waals surface area (Å²) in [5, 5.41) is 12.6. The third-order valence-electron chi connectivity index (χ3n) is 4.92. The zero-order valence-electron chi connectivity index (χ0n) is 14.1. The second-order valence-electron chi connectivity index (χ2n) is 6.43. The Bertz CT molecular complexity index is 1180. The minimum absolute atomic E-state index is 0.303. The molecule has 0 aliphatic carbocycles. The summed E-state index contributed by atoms with van der Waals surface area (Å²) in [6, 6.07) is 32.8. The van der Waals surface area contributed by atoms with Crippen molar-refractivity contribution in [2.24, 2.45) is 0 Å². The molecule has 0 unspecified atom stereocenters. The predicted molar refractivity (Wildman–Crippen MR) is 108 cm³/mol. The fraction of sp³-hybridized carbons (Fsp3) is 0. The van der Waals surface area contributed by atoms with Crippen LogP contribution in [0.15, 0.2) is 97.1 Å². The minimum Gasteiger partial charge on any atom is -0.507 e. The average Bonchev–Trinajstić information content (AvgIpc) is 3.03. The van der Waals surface area contributed by atoms with Gasteiger partial charge in [0.25, 0.3) is 0 Å². The summed E-state index contributed by atoms with van der Waals surface area (Å²) in [6.45, 7) is 0. The lowest BCUT2D eigenvalue weighted by atomic mass is 10.0. The molecule has 1 aromatic heterocycles. The predicted octanol–water partition coefficient (Wildman–Crippen LogP) is 6.16. The molecule has 26 heavy (non-hydrogen) atoms. The summed E-state index contributed by atoms with van der Waals surface area (Å²) in [4.78, 5) is 0. The van der Waals surface area contributed by atoms with Crippen LogP contribution in [0.2, 0.25) is 0 Å². The summed E-state index contributed by atoms with van der Waals surface area (Å²) in [6.07, 6.45) is 0. The molecule has 124 valence electrons. The first-order valence-corrected chi connectivity index (χ1v) is 8.70. The van der Waals surface area contributed by atoms with Gasteiger partial charge >= 0.3 is 0 Å². The molecule has 0 radical (unpaired) electrons. The largest absolute Gasteiger partial charge is 0.507 e. The van der Waals surface area contributed by atoms with E-state index in [4.69, 9.17) is 0 Å². The van der Waals surface area contributed by atoms with Crippen LogP contribution in [0.3, 0.4) is 0 Å². The van der Waals surface area contributed by atoms with E-state index < -0.39 is 0 Å². The van der Waals surface area contributed by atoms with Gasteiger partial charge in [0, 0.05) is 22.0 Å². The van der Waals surface area contributed by atoms with Crippen molar-refractivity contribution in [2.45, 2.75) is 0 Å². The van der Waals surface area contributed by atoms with Gasteiger partial charge in [-0.2, -0.15) is 0 Å². The second-order valence-corrected chi connectivity index (χ2v) is 6.43. The average molecular weight is 335 g/mol. The molecule has 0 aliphatic rings. The Balaban J connectivity index is 1.72. The van der Waals surface area contributed by atoms with Gasteiger partial charge in [-0.05, 0) is 35.9 Å². The molecule has 0 spiro atoms. The Morgan fingerprint density at radius 3 is 1.69 bits per heavy atom. The number of para-hydroxylation sites is 3. The monoisotopic (exact) mass is 335 g/mol. The van der Waals surface area contributed by atoms with E-state index in [-0.39, 0.29) is 0 Å². The highest BCUT2D eigenvalue weighted by molar-refractivity contribution is 6.09. The first kappa shape index (κ1) is 14.8. The lowest BCUT2D eigenvalue weighted by Crippen LogP contribution is -1.93. The lowest BCUT2D eigenvalue weighted by molar-refractivity contribution is 0.477. The number of hydrogen-bond acceptors (Lipinski definition) is 1. The third-order valence-corrected chi connectivity index (χ3v) is 4.92. The van der Waals surface area contributed by atoms with Gasteiger partial charge in [0.1, 0.15) is 5.75 Å². The number of aromatic nitrogens is 1. The number of phenols is 1. The molecule has 0 atom stereocenters. The van der Waals surface area contributed by atoms with Crippen molar-refractivity contribution in [1.29, 1.82) is 0 Å². The number of benzene rings is 4. The van der Waals surface area contributed by atoms with E-state index in [0.29, 0.717) is 5.75 Å². The fourth-order valence-electron chi connectivity index (χ4n) is 3.71. The summed E-state index contributed by atoms with van der Waals surface area (Å²) in [7, 11) is 0. The third kappa shape index (κ3) is 2.20. The Labute approximate surface area is 151 Å². The number of phenolic OH excluding ortho intramolecular Hbond substituents is 1. The van der Waals surface area contributed by atoms with E-state index in [9.17, 15) is 5.11 Å². The Morgan fingerprint density at radius 2 is 1.08 bits per heavy atom. The molecule has 2 nitrogen and oxygen atoms in total. The first-order chi connectivity index (χ1) is 12.8. The van der Waals surface area contributed by atoms with Crippen LogP contribution in [0.25, 0.3) is 38.6 Å². The Hall–Kier alpha value is -3.52. The minimum atomic E-state index is 0.303. The molecular formula is C24H17NO. The van der Waals surface area contributed by atoms with Crippen LogP contribution in [0.4, 0.5) is 0 Å². The summed E-state index contributed by atoms with van der Waals surface area (Å²) >= 11 is 0. The first-order valence-electron chi connectivity index (χ1n) is 8.70. The van der Waals surface area contributed by atoms with Crippen molar-refractivity contribution in [3.8, 4) is 22.6 Å². The normalized spacial score (nSPS) is 11.2. The van der Waals surface area contributed by atoms with Crippen molar-refractivity contribution in [3.63, 3.8) is 0 Å². The quantitative estimate of drug-likeness (QED) is 0.411. The van der Waals surface area contributed by atoms with Crippen LogP contribution >= 0.6 is 0 Å². The van der Waals surface area contributed by atoms with Gasteiger partial charge in [0.2, 0.25) is 0 Å². The number of aromatic hydroxyl groups is 1. The number of rotatable bonds is 2. The topological polar surface area (TPSA) is 25.2 Å². The molecule has 1 N–H and O–H groups in total. The molecule has 0 saturated carbocycles. The van der Waals surface area contributed by atoms with Gasteiger partial charge in [-0.25, -0.2) is 0 Å². The summed E-state index contributed by atoms with van der Waals surface area (Å²) in [5.41, 5.74) is 5.36. The Kier molecular flexibility index (Phi) is 3.29. The van der Waals surface area contributed by atoms with E-state index in [1.165, 1.54) is 21.8 Å². The van der Waals surface area contributed by atoms with Crippen LogP contribution in [-0.4, -0.2) is 9.67 Å². The number of fused-ring (bicyclic) bond motifs is 3. The lowest BCUT2D eigenvalue weighted by Gasteiger charge is -2.10. The zero-order valence-corrected chi connectivity index (χ0v) is 14.1. The molecule has 5 rings (SSSR count). The zero-order chi connectivity index (χ0) is 17.5. The van der Waals surface area contributed by atoms with Crippen LogP contribution < -0.4 is 0 Å². The van der Waals surface area contributed by atoms with Crippen LogP contribution in [0.1, 0.15) is 0 Å². The van der Waals surface area contributed by atoms with E-state index in [1.54, 1.807) is 6.07 Å². The highest BCUT2D eigenvalue weighted by Crippen LogP contribution is 2.33. The molecule has 0 bridgehead atoms. The molecule has 1 heterocycles. The van der Waals surface area contributed by atoms with Crippen molar-refractivity contribution in [3.05, 3.63) is 97.1 Å². The highest BCUT2D eigenvalue weighted by Gasteiger charge is 2.11. The maximum absolute atomic E-state index is 10.1. The maximum Gasteiger partial charge on any atom is 0.123 e. The Morgan fingerprint density at radius 1 is 0.538 bits per heavy atom. The smallest absolute Gasteiger partial charge is 0.123 e. The maximum atomic E-state index is 10.1. The summed E-state index contributed by atoms with van der Waals surface area (Å²) < 4.78 is 2.29. The molecule has 0 aliphatic heterocycles. The standard InChI is InChI=1S/C24H17NO/c26-24-12-6-3-7-19(24)17-13-15-18(16-14-17)25-22-10-4-1-8-20(22)21-9-2-5-11-23(21)25/h1-16,26H. The SMILES string of the molecule is Oc1ccccc1-c1ccc(-n2c3ccccc3c3ccccc32)cc1. The van der Waals surface area contributed by atoms with Crippen molar-refractivity contribution in [2.75, 3.05) is 0 Å². The van der Waals surface area contributed by atoms with Gasteiger partial charge in [-0.3, -0.25) is 0 Å². The second kappa shape index (κ2) is 5.78. The van der Waals surface area contributed by atoms with Gasteiger partial charge in [-0.1, -0.05) is 66.7 Å². The highest BCUT2D eigenvalue weighted by atomic mass is 16.3. The molecule has 4 aromatic carbocycles. The van der Waals surface area contributed by atoms with E-state index in [1.807, 2.05) is 18.2 Å². The van der Waals surface area contributed by atoms with Crippen molar-refractivity contribution < 1.29 is 5.11 Å². The molecule has 0 amide bonds. The van der Waals surface area contributed by atoms with E-state index in [0.717, 1.165) is 16.8 Å². The van der Waals surface area contributed by atoms with Gasteiger partial charge in [-0.15, -0.1) is 0 Å². The van der Waals surface area contributed by atoms with Gasteiger partial charge in [0.05, 0.1) is 11.0 Å². The molecule has 0 saturated heterocycles. The molecule has 2 heteroatoms. The molecule has 5 aromatic rings. The van der Waals surface area contributed by atoms with Crippen LogP contribution in [-0.2, 0) is 0 Å². The van der Waals surface area contributed by atoms with Crippen molar-refractivity contribution in [1.82, 2.24) is 4.57 Å². The van der Waals surface area contributed by atoms with Crippen LogP contribution in [0.5, 0.6) is 5.75 Å². The number of hydrogen-bond donors (Lipinski definition) is 1. The van der Waals surface area contributed by atoms with Gasteiger partial charge in [0.15, 0.2) is 0 Å². The van der Waals surface area contributed by atoms with E-state index >= 15 is 0 Å². The van der Waals surface area contributed by atoms with Crippen molar-refractivity contribution >= 4 is 21.8 Å². The molecule has 0 fully saturated rings. The fourth-order valence-corrected chi connectivity index (χ4v) is 3.71. The number of nitrogens with zero attached hydrogens (tertiary/aromatic N) is 1.